The number of carbonyl (C=O) groups is 1. The Hall–Kier alpha value is -1.66. The minimum Gasteiger partial charge on any atom is -0.481 e. The molecule has 3 rings (SSSR count). The molecular weight excluding hydrogens is 352 g/mol. The fourth-order valence-electron chi connectivity index (χ4n) is 3.69. The second kappa shape index (κ2) is 7.53. The molecule has 0 aromatic carbocycles. The van der Waals surface area contributed by atoms with Crippen LogP contribution < -0.4 is 0 Å². The zero-order chi connectivity index (χ0) is 18.9. The van der Waals surface area contributed by atoms with Crippen LogP contribution in [0.3, 0.4) is 0 Å². The third-order valence-corrected chi connectivity index (χ3v) is 5.64. The highest BCUT2D eigenvalue weighted by molar-refractivity contribution is 6.30. The zero-order valence-corrected chi connectivity index (χ0v) is 16.4. The summed E-state index contributed by atoms with van der Waals surface area (Å²) in [4.78, 5) is 18.2. The quantitative estimate of drug-likeness (QED) is 0.869. The van der Waals surface area contributed by atoms with Gasteiger partial charge in [0.25, 0.3) is 0 Å². The van der Waals surface area contributed by atoms with Crippen molar-refractivity contribution in [2.45, 2.75) is 46.3 Å². The number of dihydropyridines is 1. The van der Waals surface area contributed by atoms with E-state index in [0.29, 0.717) is 25.4 Å². The molecule has 3 heterocycles. The number of likely N-dealkylation sites (tertiary alicyclic amines) is 1. The van der Waals surface area contributed by atoms with Crippen LogP contribution in [0.5, 0.6) is 0 Å². The molecule has 26 heavy (non-hydrogen) atoms. The summed E-state index contributed by atoms with van der Waals surface area (Å²) in [5.74, 6) is -0.646. The van der Waals surface area contributed by atoms with Gasteiger partial charge in [0, 0.05) is 49.1 Å². The van der Waals surface area contributed by atoms with Crippen LogP contribution in [0, 0.1) is 17.3 Å². The van der Waals surface area contributed by atoms with Gasteiger partial charge in [-0.1, -0.05) is 32.4 Å². The van der Waals surface area contributed by atoms with Crippen molar-refractivity contribution in [2.24, 2.45) is 22.2 Å². The standard InChI is InChI=1S/C19H27ClN4O2/c1-19(2,3)15-6-14(18(25)26)11-23(12-15)9-13-8-22-24(10-13)17-7-16(20)4-5-21-17/h4-5,8,10,14-15,17H,6-7,9,11-12H2,1-3H3,(H,25,26). The number of aliphatic carboxylic acids is 1. The molecule has 0 bridgehead atoms. The van der Waals surface area contributed by atoms with Gasteiger partial charge in [0.2, 0.25) is 0 Å². The summed E-state index contributed by atoms with van der Waals surface area (Å²) in [6.07, 6.45) is 8.65. The Morgan fingerprint density at radius 3 is 2.81 bits per heavy atom. The Balaban J connectivity index is 1.68. The summed E-state index contributed by atoms with van der Waals surface area (Å²) < 4.78 is 1.83. The summed E-state index contributed by atoms with van der Waals surface area (Å²) in [6.45, 7) is 8.78. The molecule has 1 saturated heterocycles. The molecule has 1 N–H and O–H groups in total. The SMILES string of the molecule is CC(C)(C)C1CC(C(=O)O)CN(Cc2cnn(C3CC(Cl)=CC=N3)c2)C1. The molecule has 6 nitrogen and oxygen atoms in total. The van der Waals surface area contributed by atoms with Crippen LogP contribution in [0.1, 0.15) is 45.3 Å². The largest absolute Gasteiger partial charge is 0.481 e. The second-order valence-electron chi connectivity index (χ2n) is 8.45. The van der Waals surface area contributed by atoms with Crippen molar-refractivity contribution in [3.63, 3.8) is 0 Å². The molecule has 142 valence electrons. The van der Waals surface area contributed by atoms with Gasteiger partial charge in [-0.25, -0.2) is 4.68 Å². The molecule has 1 aromatic heterocycles. The lowest BCUT2D eigenvalue weighted by atomic mass is 9.73. The zero-order valence-electron chi connectivity index (χ0n) is 15.6. The van der Waals surface area contributed by atoms with Gasteiger partial charge in [-0.3, -0.25) is 14.7 Å². The summed E-state index contributed by atoms with van der Waals surface area (Å²) in [5, 5.41) is 14.7. The Kier molecular flexibility index (Phi) is 5.53. The third kappa shape index (κ3) is 4.54. The maximum Gasteiger partial charge on any atom is 0.307 e. The predicted octanol–water partition coefficient (Wildman–Crippen LogP) is 3.55. The first-order valence-corrected chi connectivity index (χ1v) is 9.46. The third-order valence-electron chi connectivity index (χ3n) is 5.36. The fourth-order valence-corrected chi connectivity index (χ4v) is 3.88. The number of carboxylic acid groups (broad SMARTS) is 1. The van der Waals surface area contributed by atoms with Crippen LogP contribution in [0.15, 0.2) is 28.5 Å². The number of nitrogens with zero attached hydrogens (tertiary/aromatic N) is 4. The summed E-state index contributed by atoms with van der Waals surface area (Å²) in [7, 11) is 0. The minimum atomic E-state index is -0.697. The number of aliphatic imine (C=N–C) groups is 1. The minimum absolute atomic E-state index is 0.0937. The first-order valence-electron chi connectivity index (χ1n) is 9.08. The van der Waals surface area contributed by atoms with E-state index in [1.165, 1.54) is 0 Å². The van der Waals surface area contributed by atoms with Gasteiger partial charge in [-0.15, -0.1) is 0 Å². The fraction of sp³-hybridized carbons (Fsp3) is 0.632. The topological polar surface area (TPSA) is 70.7 Å². The van der Waals surface area contributed by atoms with Gasteiger partial charge in [0.15, 0.2) is 0 Å². The average molecular weight is 379 g/mol. The van der Waals surface area contributed by atoms with Crippen LogP contribution in [-0.4, -0.2) is 45.1 Å². The van der Waals surface area contributed by atoms with Crippen molar-refractivity contribution in [1.82, 2.24) is 14.7 Å². The summed E-state index contributed by atoms with van der Waals surface area (Å²) >= 11 is 6.09. The van der Waals surface area contributed by atoms with Gasteiger partial charge in [-0.2, -0.15) is 5.10 Å². The smallest absolute Gasteiger partial charge is 0.307 e. The number of rotatable bonds is 4. The summed E-state index contributed by atoms with van der Waals surface area (Å²) in [6, 6.07) is 0. The highest BCUT2D eigenvalue weighted by Gasteiger charge is 2.37. The van der Waals surface area contributed by atoms with E-state index in [0.717, 1.165) is 23.6 Å². The molecule has 0 saturated carbocycles. The molecule has 1 aromatic rings. The molecule has 0 aliphatic carbocycles. The van der Waals surface area contributed by atoms with Crippen molar-refractivity contribution >= 4 is 23.8 Å². The van der Waals surface area contributed by atoms with Gasteiger partial charge >= 0.3 is 5.97 Å². The van der Waals surface area contributed by atoms with E-state index in [1.54, 1.807) is 12.3 Å². The van der Waals surface area contributed by atoms with Crippen LogP contribution in [0.2, 0.25) is 0 Å². The van der Waals surface area contributed by atoms with Crippen molar-refractivity contribution in [3.8, 4) is 0 Å². The second-order valence-corrected chi connectivity index (χ2v) is 8.94. The van der Waals surface area contributed by atoms with E-state index < -0.39 is 5.97 Å². The van der Waals surface area contributed by atoms with Crippen LogP contribution in [0.25, 0.3) is 0 Å². The molecule has 2 aliphatic heterocycles. The lowest BCUT2D eigenvalue weighted by Gasteiger charge is -2.42. The van der Waals surface area contributed by atoms with Crippen molar-refractivity contribution in [1.29, 1.82) is 0 Å². The van der Waals surface area contributed by atoms with E-state index >= 15 is 0 Å². The number of allylic oxidation sites excluding steroid dienone is 1. The van der Waals surface area contributed by atoms with Crippen LogP contribution in [0.4, 0.5) is 0 Å². The number of hydrogen-bond donors (Lipinski definition) is 1. The van der Waals surface area contributed by atoms with E-state index in [2.05, 4.69) is 35.8 Å². The van der Waals surface area contributed by atoms with Crippen LogP contribution in [-0.2, 0) is 11.3 Å². The van der Waals surface area contributed by atoms with Gasteiger partial charge in [0.1, 0.15) is 6.17 Å². The first kappa shape index (κ1) is 19.1. The van der Waals surface area contributed by atoms with Crippen molar-refractivity contribution < 1.29 is 9.90 Å². The molecule has 0 spiro atoms. The van der Waals surface area contributed by atoms with Gasteiger partial charge < -0.3 is 5.11 Å². The number of aromatic nitrogens is 2. The highest BCUT2D eigenvalue weighted by atomic mass is 35.5. The maximum absolute atomic E-state index is 11.6. The Bertz CT molecular complexity index is 719. The van der Waals surface area contributed by atoms with E-state index in [1.807, 2.05) is 17.1 Å². The molecule has 3 unspecified atom stereocenters. The molecular formula is C19H27ClN4O2. The monoisotopic (exact) mass is 378 g/mol. The predicted molar refractivity (Wildman–Crippen MR) is 102 cm³/mol. The molecule has 0 amide bonds. The molecule has 3 atom stereocenters. The van der Waals surface area contributed by atoms with Gasteiger partial charge in [0.05, 0.1) is 12.1 Å². The normalized spacial score (nSPS) is 27.4. The Labute approximate surface area is 159 Å². The maximum atomic E-state index is 11.6. The highest BCUT2D eigenvalue weighted by Crippen LogP contribution is 2.36. The Morgan fingerprint density at radius 1 is 1.38 bits per heavy atom. The van der Waals surface area contributed by atoms with Crippen molar-refractivity contribution in [3.05, 3.63) is 29.1 Å². The lowest BCUT2D eigenvalue weighted by Crippen LogP contribution is -2.46. The van der Waals surface area contributed by atoms with E-state index in [4.69, 9.17) is 11.6 Å². The number of hydrogen-bond acceptors (Lipinski definition) is 4. The van der Waals surface area contributed by atoms with Crippen LogP contribution >= 0.6 is 11.6 Å². The first-order chi connectivity index (χ1) is 12.2. The number of piperidine rings is 1. The molecule has 0 radical (unpaired) electrons. The van der Waals surface area contributed by atoms with Gasteiger partial charge in [-0.05, 0) is 23.8 Å². The molecule has 7 heteroatoms. The average Bonchev–Trinajstić information content (AvgIpc) is 3.02. The van der Waals surface area contributed by atoms with E-state index in [-0.39, 0.29) is 17.5 Å². The number of carboxylic acids is 1. The van der Waals surface area contributed by atoms with E-state index in [9.17, 15) is 9.90 Å². The molecule has 1 fully saturated rings. The van der Waals surface area contributed by atoms with Crippen molar-refractivity contribution in [2.75, 3.05) is 13.1 Å². The number of halogens is 1. The molecule has 2 aliphatic rings. The lowest BCUT2D eigenvalue weighted by molar-refractivity contribution is -0.145. The Morgan fingerprint density at radius 2 is 2.15 bits per heavy atom. The summed E-state index contributed by atoms with van der Waals surface area (Å²) in [5.41, 5.74) is 1.17.